The molecular formula is C25H32N2O2. The van der Waals surface area contributed by atoms with Gasteiger partial charge >= 0.3 is 0 Å². The highest BCUT2D eigenvalue weighted by Crippen LogP contribution is 2.32. The molecule has 1 saturated heterocycles. The number of nitrogens with zero attached hydrogens (tertiary/aromatic N) is 2. The molecule has 1 atom stereocenters. The van der Waals surface area contributed by atoms with E-state index >= 15 is 0 Å². The minimum Gasteiger partial charge on any atom is -0.496 e. The normalized spacial score (nSPS) is 19.6. The van der Waals surface area contributed by atoms with Crippen molar-refractivity contribution in [2.75, 3.05) is 20.2 Å². The van der Waals surface area contributed by atoms with Gasteiger partial charge in [-0.1, -0.05) is 38.5 Å². The summed E-state index contributed by atoms with van der Waals surface area (Å²) < 4.78 is 5.41. The van der Waals surface area contributed by atoms with Gasteiger partial charge in [-0.15, -0.1) is 0 Å². The Hall–Kier alpha value is -2.38. The van der Waals surface area contributed by atoms with Crippen LogP contribution in [0.15, 0.2) is 30.3 Å². The molecule has 2 aromatic rings. The Balaban J connectivity index is 0.00000117. The van der Waals surface area contributed by atoms with E-state index in [1.54, 1.807) is 7.11 Å². The van der Waals surface area contributed by atoms with Crippen molar-refractivity contribution in [1.29, 1.82) is 5.26 Å². The first-order chi connectivity index (χ1) is 14.2. The van der Waals surface area contributed by atoms with Crippen LogP contribution in [0.25, 0.3) is 10.8 Å². The standard InChI is InChI=1S/C23H26N2O2.C2H6/c1-27-22-10-8-16-14-17(7-9-20(16)21(22)11-12-24)23(26)18-4-3-13-25(15-18)19-5-2-6-19;1-2/h7-10,14,18-19H,2-6,11,13,15H2,1H3;1-2H3/t18-;/m1./s1. The summed E-state index contributed by atoms with van der Waals surface area (Å²) >= 11 is 0. The van der Waals surface area contributed by atoms with E-state index in [4.69, 9.17) is 10.00 Å². The first kappa shape index (κ1) is 21.3. The van der Waals surface area contributed by atoms with Crippen molar-refractivity contribution in [2.24, 2.45) is 5.92 Å². The third-order valence-electron chi connectivity index (χ3n) is 6.26. The van der Waals surface area contributed by atoms with Crippen LogP contribution in [0, 0.1) is 17.2 Å². The number of Topliss-reactive ketones (excluding diaryl/α,β-unsaturated/α-hetero) is 1. The second kappa shape index (κ2) is 9.89. The van der Waals surface area contributed by atoms with Crippen molar-refractivity contribution < 1.29 is 9.53 Å². The van der Waals surface area contributed by atoms with Gasteiger partial charge in [0.25, 0.3) is 0 Å². The number of rotatable bonds is 5. The van der Waals surface area contributed by atoms with Crippen molar-refractivity contribution in [3.63, 3.8) is 0 Å². The lowest BCUT2D eigenvalue weighted by atomic mass is 9.85. The molecule has 0 aromatic heterocycles. The number of likely N-dealkylation sites (tertiary alicyclic amines) is 1. The van der Waals surface area contributed by atoms with Gasteiger partial charge in [0.05, 0.1) is 19.6 Å². The fourth-order valence-electron chi connectivity index (χ4n) is 4.52. The van der Waals surface area contributed by atoms with Gasteiger partial charge in [0, 0.05) is 29.6 Å². The summed E-state index contributed by atoms with van der Waals surface area (Å²) in [5, 5.41) is 11.1. The summed E-state index contributed by atoms with van der Waals surface area (Å²) in [5.74, 6) is 1.10. The van der Waals surface area contributed by atoms with E-state index in [9.17, 15) is 4.79 Å². The zero-order chi connectivity index (χ0) is 20.8. The van der Waals surface area contributed by atoms with E-state index < -0.39 is 0 Å². The van der Waals surface area contributed by atoms with Crippen LogP contribution in [0.2, 0.25) is 0 Å². The summed E-state index contributed by atoms with van der Waals surface area (Å²) in [5.41, 5.74) is 1.68. The highest BCUT2D eigenvalue weighted by Gasteiger charge is 2.32. The Morgan fingerprint density at radius 3 is 2.62 bits per heavy atom. The monoisotopic (exact) mass is 392 g/mol. The van der Waals surface area contributed by atoms with Gasteiger partial charge in [0.2, 0.25) is 0 Å². The third-order valence-corrected chi connectivity index (χ3v) is 6.26. The number of piperidine rings is 1. The summed E-state index contributed by atoms with van der Waals surface area (Å²) in [6.45, 7) is 6.05. The van der Waals surface area contributed by atoms with Crippen LogP contribution in [0.3, 0.4) is 0 Å². The molecular weight excluding hydrogens is 360 g/mol. The molecule has 4 heteroatoms. The van der Waals surface area contributed by atoms with Gasteiger partial charge in [-0.05, 0) is 55.1 Å². The first-order valence-electron chi connectivity index (χ1n) is 11.0. The number of hydrogen-bond donors (Lipinski definition) is 0. The van der Waals surface area contributed by atoms with Crippen LogP contribution >= 0.6 is 0 Å². The minimum atomic E-state index is 0.105. The fourth-order valence-corrected chi connectivity index (χ4v) is 4.52. The second-order valence-electron chi connectivity index (χ2n) is 7.80. The maximum absolute atomic E-state index is 13.1. The lowest BCUT2D eigenvalue weighted by Gasteiger charge is -2.42. The molecule has 0 unspecified atom stereocenters. The average molecular weight is 393 g/mol. The largest absolute Gasteiger partial charge is 0.496 e. The van der Waals surface area contributed by atoms with Crippen LogP contribution in [-0.4, -0.2) is 36.9 Å². The van der Waals surface area contributed by atoms with Crippen molar-refractivity contribution in [3.8, 4) is 11.8 Å². The molecule has 2 aromatic carbocycles. The maximum atomic E-state index is 13.1. The summed E-state index contributed by atoms with van der Waals surface area (Å²) in [6, 6.07) is 12.7. The highest BCUT2D eigenvalue weighted by molar-refractivity contribution is 6.02. The molecule has 1 saturated carbocycles. The molecule has 29 heavy (non-hydrogen) atoms. The molecule has 1 aliphatic heterocycles. The Labute approximate surface area is 174 Å². The topological polar surface area (TPSA) is 53.3 Å². The van der Waals surface area contributed by atoms with E-state index in [1.807, 2.05) is 44.2 Å². The minimum absolute atomic E-state index is 0.105. The van der Waals surface area contributed by atoms with E-state index in [1.165, 1.54) is 19.3 Å². The zero-order valence-electron chi connectivity index (χ0n) is 17.9. The van der Waals surface area contributed by atoms with Gasteiger partial charge in [-0.3, -0.25) is 9.69 Å². The number of hydrogen-bond acceptors (Lipinski definition) is 4. The molecule has 0 radical (unpaired) electrons. The molecule has 1 aliphatic carbocycles. The average Bonchev–Trinajstić information content (AvgIpc) is 2.73. The van der Waals surface area contributed by atoms with Crippen LogP contribution in [-0.2, 0) is 6.42 Å². The lowest BCUT2D eigenvalue weighted by molar-refractivity contribution is 0.0612. The maximum Gasteiger partial charge on any atom is 0.167 e. The van der Waals surface area contributed by atoms with Crippen molar-refractivity contribution in [1.82, 2.24) is 4.90 Å². The molecule has 2 aliphatic rings. The molecule has 0 N–H and O–H groups in total. The van der Waals surface area contributed by atoms with Crippen molar-refractivity contribution in [3.05, 3.63) is 41.5 Å². The quantitative estimate of drug-likeness (QED) is 0.640. The number of ether oxygens (including phenoxy) is 1. The summed E-state index contributed by atoms with van der Waals surface area (Å²) in [4.78, 5) is 15.7. The van der Waals surface area contributed by atoms with E-state index in [-0.39, 0.29) is 11.7 Å². The number of carbonyl (C=O) groups excluding carboxylic acids is 1. The Morgan fingerprint density at radius 2 is 1.97 bits per heavy atom. The van der Waals surface area contributed by atoms with Gasteiger partial charge in [0.1, 0.15) is 5.75 Å². The summed E-state index contributed by atoms with van der Waals surface area (Å²) in [7, 11) is 1.62. The number of benzene rings is 2. The van der Waals surface area contributed by atoms with Gasteiger partial charge < -0.3 is 4.74 Å². The SMILES string of the molecule is CC.COc1ccc2cc(C(=O)[C@@H]3CCCN(C4CCC4)C3)ccc2c1CC#N. The molecule has 0 bridgehead atoms. The molecule has 0 spiro atoms. The zero-order valence-corrected chi connectivity index (χ0v) is 17.9. The summed E-state index contributed by atoms with van der Waals surface area (Å²) in [6.07, 6.45) is 6.32. The Bertz CT molecular complexity index is 896. The molecule has 1 heterocycles. The number of ketones is 1. The molecule has 4 rings (SSSR count). The fraction of sp³-hybridized carbons (Fsp3) is 0.520. The molecule has 2 fully saturated rings. The first-order valence-corrected chi connectivity index (χ1v) is 11.0. The van der Waals surface area contributed by atoms with Gasteiger partial charge in [0.15, 0.2) is 5.78 Å². The number of fused-ring (bicyclic) bond motifs is 1. The number of methoxy groups -OCH3 is 1. The van der Waals surface area contributed by atoms with Crippen LogP contribution in [0.5, 0.6) is 5.75 Å². The van der Waals surface area contributed by atoms with Crippen molar-refractivity contribution >= 4 is 16.6 Å². The third kappa shape index (κ3) is 4.46. The van der Waals surface area contributed by atoms with Gasteiger partial charge in [-0.25, -0.2) is 0 Å². The second-order valence-corrected chi connectivity index (χ2v) is 7.80. The smallest absolute Gasteiger partial charge is 0.167 e. The van der Waals surface area contributed by atoms with Crippen LogP contribution in [0.4, 0.5) is 0 Å². The predicted molar refractivity (Wildman–Crippen MR) is 117 cm³/mol. The lowest BCUT2D eigenvalue weighted by Crippen LogP contribution is -2.47. The Kier molecular flexibility index (Phi) is 7.28. The van der Waals surface area contributed by atoms with E-state index in [2.05, 4.69) is 11.0 Å². The van der Waals surface area contributed by atoms with Crippen LogP contribution < -0.4 is 4.74 Å². The molecule has 154 valence electrons. The molecule has 0 amide bonds. The predicted octanol–water partition coefficient (Wildman–Crippen LogP) is 5.39. The van der Waals surface area contributed by atoms with Crippen LogP contribution in [0.1, 0.15) is 61.9 Å². The van der Waals surface area contributed by atoms with E-state index in [0.717, 1.165) is 53.6 Å². The van der Waals surface area contributed by atoms with E-state index in [0.29, 0.717) is 12.5 Å². The number of nitriles is 1. The molecule has 4 nitrogen and oxygen atoms in total. The number of carbonyl (C=O) groups is 1. The Morgan fingerprint density at radius 1 is 1.17 bits per heavy atom. The van der Waals surface area contributed by atoms with Crippen molar-refractivity contribution in [2.45, 2.75) is 58.4 Å². The highest BCUT2D eigenvalue weighted by atomic mass is 16.5. The van der Waals surface area contributed by atoms with Gasteiger partial charge in [-0.2, -0.15) is 5.26 Å².